The molecule has 2 rings (SSSR count). The molecule has 0 heterocycles. The van der Waals surface area contributed by atoms with Crippen molar-refractivity contribution in [2.75, 3.05) is 12.3 Å². The third-order valence-electron chi connectivity index (χ3n) is 3.73. The summed E-state index contributed by atoms with van der Waals surface area (Å²) < 4.78 is 24.8. The van der Waals surface area contributed by atoms with E-state index in [1.165, 1.54) is 4.90 Å². The predicted molar refractivity (Wildman–Crippen MR) is 101 cm³/mol. The molecular formula is C20H20N2O3S. The van der Waals surface area contributed by atoms with Gasteiger partial charge in [0.05, 0.1) is 17.4 Å². The number of carbonyl (C=O) groups excluding carboxylic acids is 1. The number of sulfone groups is 1. The first-order valence-corrected chi connectivity index (χ1v) is 9.88. The molecule has 0 aliphatic carbocycles. The first kappa shape index (κ1) is 19.4. The molecule has 0 aliphatic rings. The third-order valence-corrected chi connectivity index (χ3v) is 5.19. The second kappa shape index (κ2) is 8.97. The maximum absolute atomic E-state index is 12.5. The highest BCUT2D eigenvalue weighted by atomic mass is 32.2. The van der Waals surface area contributed by atoms with Crippen molar-refractivity contribution in [3.8, 4) is 6.07 Å². The summed E-state index contributed by atoms with van der Waals surface area (Å²) in [5.41, 5.74) is 1.93. The molecule has 5 nitrogen and oxygen atoms in total. The summed E-state index contributed by atoms with van der Waals surface area (Å²) in [5, 5.41) is 8.79. The molecule has 0 saturated carbocycles. The second-order valence-electron chi connectivity index (χ2n) is 5.89. The minimum absolute atomic E-state index is 0.238. The minimum Gasteiger partial charge on any atom is -0.334 e. The molecule has 0 fully saturated rings. The Morgan fingerprint density at radius 1 is 1.08 bits per heavy atom. The number of rotatable bonds is 8. The Bertz CT molecular complexity index is 898. The minimum atomic E-state index is -3.62. The Morgan fingerprint density at radius 2 is 1.73 bits per heavy atom. The van der Waals surface area contributed by atoms with Gasteiger partial charge in [-0.2, -0.15) is 5.26 Å². The van der Waals surface area contributed by atoms with E-state index in [4.69, 9.17) is 5.26 Å². The summed E-state index contributed by atoms with van der Waals surface area (Å²) in [6, 6.07) is 17.7. The fourth-order valence-electron chi connectivity index (χ4n) is 2.47. The maximum atomic E-state index is 12.5. The lowest BCUT2D eigenvalue weighted by molar-refractivity contribution is -0.128. The summed E-state index contributed by atoms with van der Waals surface area (Å²) in [6.07, 6.45) is 1.58. The van der Waals surface area contributed by atoms with Crippen LogP contribution >= 0.6 is 0 Å². The number of nitrogens with zero attached hydrogens (tertiary/aromatic N) is 2. The van der Waals surface area contributed by atoms with Crippen molar-refractivity contribution in [2.24, 2.45) is 0 Å². The molecule has 134 valence electrons. The highest BCUT2D eigenvalue weighted by Crippen LogP contribution is 2.11. The zero-order valence-corrected chi connectivity index (χ0v) is 15.2. The summed E-state index contributed by atoms with van der Waals surface area (Å²) in [7, 11) is -3.62. The molecule has 6 heteroatoms. The van der Waals surface area contributed by atoms with E-state index in [1.54, 1.807) is 30.3 Å². The largest absolute Gasteiger partial charge is 0.334 e. The molecule has 0 aliphatic heterocycles. The number of hydrogen-bond acceptors (Lipinski definition) is 4. The molecule has 0 bridgehead atoms. The van der Waals surface area contributed by atoms with Crippen LogP contribution in [0.3, 0.4) is 0 Å². The monoisotopic (exact) mass is 368 g/mol. The van der Waals surface area contributed by atoms with Crippen molar-refractivity contribution in [1.29, 1.82) is 5.26 Å². The zero-order valence-electron chi connectivity index (χ0n) is 14.3. The summed E-state index contributed by atoms with van der Waals surface area (Å²) in [5.74, 6) is -1.26. The Balaban J connectivity index is 2.05. The molecule has 0 spiro atoms. The molecule has 0 unspecified atom stereocenters. The predicted octanol–water partition coefficient (Wildman–Crippen LogP) is 2.69. The van der Waals surface area contributed by atoms with Crippen LogP contribution in [-0.2, 0) is 26.9 Å². The summed E-state index contributed by atoms with van der Waals surface area (Å²) >= 11 is 0. The van der Waals surface area contributed by atoms with Crippen molar-refractivity contribution in [2.45, 2.75) is 12.3 Å². The topological polar surface area (TPSA) is 78.2 Å². The normalized spacial score (nSPS) is 10.7. The molecular weight excluding hydrogens is 348 g/mol. The van der Waals surface area contributed by atoms with Gasteiger partial charge < -0.3 is 4.90 Å². The third kappa shape index (κ3) is 5.87. The van der Waals surface area contributed by atoms with Gasteiger partial charge in [-0.25, -0.2) is 8.42 Å². The lowest BCUT2D eigenvalue weighted by atomic mass is 10.2. The number of hydrogen-bond donors (Lipinski definition) is 0. The van der Waals surface area contributed by atoms with Crippen molar-refractivity contribution < 1.29 is 13.2 Å². The molecule has 26 heavy (non-hydrogen) atoms. The van der Waals surface area contributed by atoms with Crippen LogP contribution in [-0.4, -0.2) is 31.5 Å². The van der Waals surface area contributed by atoms with E-state index < -0.39 is 21.5 Å². The second-order valence-corrected chi connectivity index (χ2v) is 7.95. The first-order valence-electron chi connectivity index (χ1n) is 8.05. The van der Waals surface area contributed by atoms with Gasteiger partial charge in [-0.15, -0.1) is 6.58 Å². The summed E-state index contributed by atoms with van der Waals surface area (Å²) in [6.45, 7) is 4.24. The van der Waals surface area contributed by atoms with Gasteiger partial charge in [-0.3, -0.25) is 4.79 Å². The lowest BCUT2D eigenvalue weighted by Crippen LogP contribution is -2.35. The fourth-order valence-corrected chi connectivity index (χ4v) is 3.84. The van der Waals surface area contributed by atoms with Crippen LogP contribution in [0.15, 0.2) is 67.3 Å². The van der Waals surface area contributed by atoms with Crippen LogP contribution in [0.1, 0.15) is 16.7 Å². The van der Waals surface area contributed by atoms with E-state index in [0.717, 1.165) is 5.56 Å². The average Bonchev–Trinajstić information content (AvgIpc) is 2.62. The number of amides is 1. The highest BCUT2D eigenvalue weighted by molar-refractivity contribution is 7.91. The molecule has 0 radical (unpaired) electrons. The van der Waals surface area contributed by atoms with Crippen molar-refractivity contribution in [1.82, 2.24) is 4.90 Å². The van der Waals surface area contributed by atoms with Gasteiger partial charge in [-0.1, -0.05) is 48.5 Å². The number of carbonyl (C=O) groups is 1. The van der Waals surface area contributed by atoms with Gasteiger partial charge in [0.1, 0.15) is 5.75 Å². The number of nitriles is 1. The van der Waals surface area contributed by atoms with Crippen molar-refractivity contribution in [3.05, 3.63) is 83.9 Å². The Hall–Kier alpha value is -2.91. The first-order chi connectivity index (χ1) is 12.4. The molecule has 0 aromatic heterocycles. The van der Waals surface area contributed by atoms with Crippen LogP contribution < -0.4 is 0 Å². The Labute approximate surface area is 154 Å². The van der Waals surface area contributed by atoms with Gasteiger partial charge >= 0.3 is 0 Å². The standard InChI is InChI=1S/C20H20N2O3S/c1-2-12-22(14-18-6-4-3-5-7-18)20(23)16-26(24,25)15-19-10-8-17(13-21)9-11-19/h2-11H,1,12,14-16H2. The molecule has 2 aromatic carbocycles. The van der Waals surface area contributed by atoms with Crippen LogP contribution in [0, 0.1) is 11.3 Å². The lowest BCUT2D eigenvalue weighted by Gasteiger charge is -2.21. The Kier molecular flexibility index (Phi) is 6.70. The SMILES string of the molecule is C=CCN(Cc1ccccc1)C(=O)CS(=O)(=O)Cc1ccc(C#N)cc1. The van der Waals surface area contributed by atoms with Crippen LogP contribution in [0.5, 0.6) is 0 Å². The quantitative estimate of drug-likeness (QED) is 0.671. The van der Waals surface area contributed by atoms with Crippen LogP contribution in [0.4, 0.5) is 0 Å². The van der Waals surface area contributed by atoms with Gasteiger partial charge in [0.15, 0.2) is 9.84 Å². The van der Waals surface area contributed by atoms with Gasteiger partial charge in [0.2, 0.25) is 5.91 Å². The van der Waals surface area contributed by atoms with Crippen LogP contribution in [0.25, 0.3) is 0 Å². The van der Waals surface area contributed by atoms with E-state index in [9.17, 15) is 13.2 Å². The fraction of sp³-hybridized carbons (Fsp3) is 0.200. The Morgan fingerprint density at radius 3 is 2.31 bits per heavy atom. The van der Waals surface area contributed by atoms with E-state index >= 15 is 0 Å². The average molecular weight is 368 g/mol. The highest BCUT2D eigenvalue weighted by Gasteiger charge is 2.22. The van der Waals surface area contributed by atoms with Gasteiger partial charge in [0, 0.05) is 13.1 Å². The van der Waals surface area contributed by atoms with E-state index in [1.807, 2.05) is 36.4 Å². The molecule has 2 aromatic rings. The van der Waals surface area contributed by atoms with Gasteiger partial charge in [0.25, 0.3) is 0 Å². The van der Waals surface area contributed by atoms with Gasteiger partial charge in [-0.05, 0) is 23.3 Å². The van der Waals surface area contributed by atoms with Crippen molar-refractivity contribution in [3.63, 3.8) is 0 Å². The summed E-state index contributed by atoms with van der Waals surface area (Å²) in [4.78, 5) is 14.0. The zero-order chi connectivity index (χ0) is 19.0. The molecule has 0 N–H and O–H groups in total. The molecule has 0 saturated heterocycles. The smallest absolute Gasteiger partial charge is 0.238 e. The van der Waals surface area contributed by atoms with Crippen LogP contribution in [0.2, 0.25) is 0 Å². The number of benzene rings is 2. The molecule has 1 amide bonds. The van der Waals surface area contributed by atoms with E-state index in [0.29, 0.717) is 17.7 Å². The van der Waals surface area contributed by atoms with Crippen molar-refractivity contribution >= 4 is 15.7 Å². The van der Waals surface area contributed by atoms with E-state index in [-0.39, 0.29) is 12.3 Å². The molecule has 0 atom stereocenters. The maximum Gasteiger partial charge on any atom is 0.238 e. The van der Waals surface area contributed by atoms with E-state index in [2.05, 4.69) is 6.58 Å².